The van der Waals surface area contributed by atoms with Crippen LogP contribution >= 0.6 is 11.6 Å². The second-order valence-electron chi connectivity index (χ2n) is 4.51. The number of benzene rings is 1. The fourth-order valence-corrected chi connectivity index (χ4v) is 2.06. The van der Waals surface area contributed by atoms with E-state index in [4.69, 9.17) is 11.6 Å². The summed E-state index contributed by atoms with van der Waals surface area (Å²) in [6, 6.07) is 5.55. The van der Waals surface area contributed by atoms with Crippen LogP contribution in [0.25, 0.3) is 0 Å². The van der Waals surface area contributed by atoms with Gasteiger partial charge in [-0.05, 0) is 43.4 Å². The minimum Gasteiger partial charge on any atom is -0.326 e. The van der Waals surface area contributed by atoms with Crippen LogP contribution in [0, 0.1) is 12.8 Å². The average Bonchev–Trinajstić information content (AvgIpc) is 2.18. The molecule has 0 saturated heterocycles. The maximum atomic E-state index is 11.7. The van der Waals surface area contributed by atoms with Crippen LogP contribution in [0.2, 0.25) is 5.02 Å². The van der Waals surface area contributed by atoms with Crippen LogP contribution in [0.15, 0.2) is 18.2 Å². The Morgan fingerprint density at radius 3 is 2.88 bits per heavy atom. The molecule has 2 nitrogen and oxygen atoms in total. The van der Waals surface area contributed by atoms with Crippen LogP contribution in [0.4, 0.5) is 5.69 Å². The van der Waals surface area contributed by atoms with Gasteiger partial charge in [0.15, 0.2) is 0 Å². The minimum atomic E-state index is 0.107. The quantitative estimate of drug-likeness (QED) is 0.852. The van der Waals surface area contributed by atoms with Crippen LogP contribution in [0.5, 0.6) is 0 Å². The Labute approximate surface area is 101 Å². The zero-order valence-corrected chi connectivity index (χ0v) is 10.2. The molecule has 1 saturated carbocycles. The molecule has 0 radical (unpaired) electrons. The van der Waals surface area contributed by atoms with Crippen LogP contribution in [-0.2, 0) is 4.79 Å². The molecule has 16 heavy (non-hydrogen) atoms. The van der Waals surface area contributed by atoms with Gasteiger partial charge in [-0.1, -0.05) is 24.1 Å². The van der Waals surface area contributed by atoms with Gasteiger partial charge < -0.3 is 5.32 Å². The maximum absolute atomic E-state index is 11.7. The molecule has 1 aromatic carbocycles. The minimum absolute atomic E-state index is 0.107. The first-order valence-corrected chi connectivity index (χ1v) is 6.09. The largest absolute Gasteiger partial charge is 0.326 e. The summed E-state index contributed by atoms with van der Waals surface area (Å²) >= 11 is 5.89. The van der Waals surface area contributed by atoms with Crippen molar-refractivity contribution in [2.45, 2.75) is 32.6 Å². The maximum Gasteiger partial charge on any atom is 0.224 e. The molecule has 1 N–H and O–H groups in total. The van der Waals surface area contributed by atoms with Crippen molar-refractivity contribution in [3.8, 4) is 0 Å². The van der Waals surface area contributed by atoms with E-state index in [2.05, 4.69) is 5.32 Å². The van der Waals surface area contributed by atoms with E-state index in [-0.39, 0.29) is 5.91 Å². The van der Waals surface area contributed by atoms with Gasteiger partial charge in [0.1, 0.15) is 0 Å². The standard InChI is InChI=1S/C13H16ClNO/c1-9-5-6-11(14)8-12(9)15-13(16)7-10-3-2-4-10/h5-6,8,10H,2-4,7H2,1H3,(H,15,16). The molecule has 0 heterocycles. The van der Waals surface area contributed by atoms with E-state index >= 15 is 0 Å². The first-order valence-electron chi connectivity index (χ1n) is 5.71. The fraction of sp³-hybridized carbons (Fsp3) is 0.462. The van der Waals surface area contributed by atoms with Crippen LogP contribution in [0.1, 0.15) is 31.2 Å². The van der Waals surface area contributed by atoms with Gasteiger partial charge in [0.2, 0.25) is 5.91 Å². The van der Waals surface area contributed by atoms with Gasteiger partial charge in [-0.25, -0.2) is 0 Å². The van der Waals surface area contributed by atoms with Gasteiger partial charge in [-0.2, -0.15) is 0 Å². The van der Waals surface area contributed by atoms with Crippen LogP contribution in [-0.4, -0.2) is 5.91 Å². The molecule has 2 rings (SSSR count). The molecule has 1 aliphatic carbocycles. The van der Waals surface area contributed by atoms with Crippen molar-refractivity contribution < 1.29 is 4.79 Å². The lowest BCUT2D eigenvalue weighted by atomic mass is 9.83. The van der Waals surface area contributed by atoms with Crippen molar-refractivity contribution in [1.82, 2.24) is 0 Å². The lowest BCUT2D eigenvalue weighted by Crippen LogP contribution is -2.21. The van der Waals surface area contributed by atoms with Gasteiger partial charge in [-0.3, -0.25) is 4.79 Å². The highest BCUT2D eigenvalue weighted by molar-refractivity contribution is 6.31. The molecule has 86 valence electrons. The number of rotatable bonds is 3. The number of carbonyl (C=O) groups is 1. The molecular formula is C13H16ClNO. The SMILES string of the molecule is Cc1ccc(Cl)cc1NC(=O)CC1CCC1. The highest BCUT2D eigenvalue weighted by Crippen LogP contribution is 2.30. The highest BCUT2D eigenvalue weighted by Gasteiger charge is 2.20. The van der Waals surface area contributed by atoms with E-state index in [0.717, 1.165) is 11.3 Å². The van der Waals surface area contributed by atoms with E-state index in [1.807, 2.05) is 19.1 Å². The first kappa shape index (κ1) is 11.5. The predicted molar refractivity (Wildman–Crippen MR) is 66.8 cm³/mol. The van der Waals surface area contributed by atoms with Gasteiger partial charge in [0, 0.05) is 17.1 Å². The molecule has 0 aliphatic heterocycles. The summed E-state index contributed by atoms with van der Waals surface area (Å²) in [6.45, 7) is 1.97. The molecule has 1 aromatic rings. The summed E-state index contributed by atoms with van der Waals surface area (Å²) in [5.41, 5.74) is 1.88. The van der Waals surface area contributed by atoms with E-state index in [1.54, 1.807) is 6.07 Å². The van der Waals surface area contributed by atoms with Crippen molar-refractivity contribution in [2.24, 2.45) is 5.92 Å². The third kappa shape index (κ3) is 2.76. The van der Waals surface area contributed by atoms with Crippen LogP contribution in [0.3, 0.4) is 0 Å². The monoisotopic (exact) mass is 237 g/mol. The van der Waals surface area contributed by atoms with E-state index in [1.165, 1.54) is 19.3 Å². The number of carbonyl (C=O) groups excluding carboxylic acids is 1. The zero-order valence-electron chi connectivity index (χ0n) is 9.42. The molecular weight excluding hydrogens is 222 g/mol. The third-order valence-corrected chi connectivity index (χ3v) is 3.41. The summed E-state index contributed by atoms with van der Waals surface area (Å²) in [7, 11) is 0. The summed E-state index contributed by atoms with van der Waals surface area (Å²) in [6.07, 6.45) is 4.31. The van der Waals surface area contributed by atoms with Crippen molar-refractivity contribution in [3.63, 3.8) is 0 Å². The molecule has 1 fully saturated rings. The third-order valence-electron chi connectivity index (χ3n) is 3.17. The van der Waals surface area contributed by atoms with Gasteiger partial charge in [0.25, 0.3) is 0 Å². The Balaban J connectivity index is 1.96. The number of aryl methyl sites for hydroxylation is 1. The van der Waals surface area contributed by atoms with Crippen molar-refractivity contribution in [1.29, 1.82) is 0 Å². The molecule has 0 unspecified atom stereocenters. The van der Waals surface area contributed by atoms with Gasteiger partial charge in [-0.15, -0.1) is 0 Å². The van der Waals surface area contributed by atoms with Gasteiger partial charge in [0.05, 0.1) is 0 Å². The Kier molecular flexibility index (Phi) is 3.49. The number of amides is 1. The predicted octanol–water partition coefficient (Wildman–Crippen LogP) is 3.78. The summed E-state index contributed by atoms with van der Waals surface area (Å²) < 4.78 is 0. The number of nitrogens with one attached hydrogen (secondary N) is 1. The molecule has 3 heteroatoms. The van der Waals surface area contributed by atoms with Crippen molar-refractivity contribution >= 4 is 23.2 Å². The summed E-state index contributed by atoms with van der Waals surface area (Å²) in [5, 5.41) is 3.58. The van der Waals surface area contributed by atoms with E-state index in [9.17, 15) is 4.79 Å². The lowest BCUT2D eigenvalue weighted by Gasteiger charge is -2.24. The molecule has 1 amide bonds. The molecule has 0 bridgehead atoms. The first-order chi connectivity index (χ1) is 7.65. The molecule has 0 aromatic heterocycles. The van der Waals surface area contributed by atoms with Crippen molar-refractivity contribution in [2.75, 3.05) is 5.32 Å². The van der Waals surface area contributed by atoms with E-state index < -0.39 is 0 Å². The second-order valence-corrected chi connectivity index (χ2v) is 4.94. The summed E-state index contributed by atoms with van der Waals surface area (Å²) in [4.78, 5) is 11.7. The van der Waals surface area contributed by atoms with E-state index in [0.29, 0.717) is 17.4 Å². The Bertz CT molecular complexity index is 399. The molecule has 0 atom stereocenters. The van der Waals surface area contributed by atoms with Crippen LogP contribution < -0.4 is 5.32 Å². The Morgan fingerprint density at radius 2 is 2.25 bits per heavy atom. The number of hydrogen-bond acceptors (Lipinski definition) is 1. The number of halogens is 1. The average molecular weight is 238 g/mol. The normalized spacial score (nSPS) is 15.6. The fourth-order valence-electron chi connectivity index (χ4n) is 1.89. The second kappa shape index (κ2) is 4.88. The molecule has 0 spiro atoms. The highest BCUT2D eigenvalue weighted by atomic mass is 35.5. The van der Waals surface area contributed by atoms with Crippen molar-refractivity contribution in [3.05, 3.63) is 28.8 Å². The lowest BCUT2D eigenvalue weighted by molar-refractivity contribution is -0.117. The number of anilines is 1. The zero-order chi connectivity index (χ0) is 11.5. The Hall–Kier alpha value is -1.02. The summed E-state index contributed by atoms with van der Waals surface area (Å²) in [5.74, 6) is 0.703. The smallest absolute Gasteiger partial charge is 0.224 e. The molecule has 1 aliphatic rings. The van der Waals surface area contributed by atoms with Gasteiger partial charge >= 0.3 is 0 Å². The number of hydrogen-bond donors (Lipinski definition) is 1. The Morgan fingerprint density at radius 1 is 1.50 bits per heavy atom. The topological polar surface area (TPSA) is 29.1 Å².